The zero-order valence-electron chi connectivity index (χ0n) is 17.4. The van der Waals surface area contributed by atoms with E-state index < -0.39 is 0 Å². The highest BCUT2D eigenvalue weighted by atomic mass is 127. The van der Waals surface area contributed by atoms with E-state index in [-0.39, 0.29) is 24.0 Å². The molecule has 0 aliphatic carbocycles. The van der Waals surface area contributed by atoms with Crippen LogP contribution in [0.1, 0.15) is 30.7 Å². The molecule has 2 aromatic rings. The fraction of sp³-hybridized carbons (Fsp3) is 0.571. The lowest BCUT2D eigenvalue weighted by molar-refractivity contribution is 0.0372. The number of nitrogens with zero attached hydrogens (tertiary/aromatic N) is 6. The van der Waals surface area contributed by atoms with Gasteiger partial charge in [0.1, 0.15) is 6.33 Å². The van der Waals surface area contributed by atoms with Gasteiger partial charge in [0.2, 0.25) is 0 Å². The molecule has 0 spiro atoms. The quantitative estimate of drug-likeness (QED) is 0.390. The maximum Gasteiger partial charge on any atom is 0.194 e. The highest BCUT2D eigenvalue weighted by molar-refractivity contribution is 14.0. The number of aliphatic imine (C=N–C) groups is 1. The van der Waals surface area contributed by atoms with Crippen molar-refractivity contribution in [3.05, 3.63) is 48.0 Å². The molecule has 8 heteroatoms. The summed E-state index contributed by atoms with van der Waals surface area (Å²) in [6.45, 7) is 5.06. The number of hydrogen-bond acceptors (Lipinski definition) is 4. The molecule has 0 amide bonds. The van der Waals surface area contributed by atoms with E-state index in [9.17, 15) is 0 Å². The van der Waals surface area contributed by atoms with Crippen molar-refractivity contribution < 1.29 is 0 Å². The molecule has 29 heavy (non-hydrogen) atoms. The van der Waals surface area contributed by atoms with E-state index in [1.54, 1.807) is 6.33 Å². The van der Waals surface area contributed by atoms with Crippen molar-refractivity contribution >= 4 is 29.9 Å². The predicted octanol–water partition coefficient (Wildman–Crippen LogP) is 2.50. The average Bonchev–Trinajstić information content (AvgIpc) is 3.14. The van der Waals surface area contributed by atoms with Crippen molar-refractivity contribution in [2.75, 3.05) is 26.7 Å². The summed E-state index contributed by atoms with van der Waals surface area (Å²) in [6.07, 6.45) is 5.52. The van der Waals surface area contributed by atoms with Crippen LogP contribution in [0.25, 0.3) is 0 Å². The molecule has 2 aliphatic heterocycles. The molecule has 2 saturated heterocycles. The first-order valence-electron chi connectivity index (χ1n) is 10.3. The van der Waals surface area contributed by atoms with E-state index in [1.807, 2.05) is 18.7 Å². The maximum atomic E-state index is 4.53. The van der Waals surface area contributed by atoms with E-state index in [1.165, 1.54) is 31.4 Å². The molecule has 7 nitrogen and oxygen atoms in total. The summed E-state index contributed by atoms with van der Waals surface area (Å²) in [6, 6.07) is 11.6. The van der Waals surface area contributed by atoms with Crippen molar-refractivity contribution in [2.24, 2.45) is 18.0 Å². The monoisotopic (exact) mass is 509 g/mol. The summed E-state index contributed by atoms with van der Waals surface area (Å²) in [7, 11) is 3.84. The summed E-state index contributed by atoms with van der Waals surface area (Å²) in [5.74, 6) is 2.60. The minimum Gasteiger partial charge on any atom is -0.349 e. The fourth-order valence-electron chi connectivity index (χ4n) is 4.67. The summed E-state index contributed by atoms with van der Waals surface area (Å²) < 4.78 is 1.94. The van der Waals surface area contributed by atoms with Gasteiger partial charge in [-0.2, -0.15) is 0 Å². The Morgan fingerprint density at radius 1 is 1.21 bits per heavy atom. The van der Waals surface area contributed by atoms with Crippen LogP contribution in [0.3, 0.4) is 0 Å². The summed E-state index contributed by atoms with van der Waals surface area (Å²) >= 11 is 0. The summed E-state index contributed by atoms with van der Waals surface area (Å²) in [4.78, 5) is 9.65. The Morgan fingerprint density at radius 2 is 2.03 bits per heavy atom. The first-order valence-corrected chi connectivity index (χ1v) is 10.3. The lowest BCUT2D eigenvalue weighted by atomic mass is 9.83. The van der Waals surface area contributed by atoms with Crippen molar-refractivity contribution in [1.82, 2.24) is 29.9 Å². The van der Waals surface area contributed by atoms with Gasteiger partial charge in [-0.3, -0.25) is 9.89 Å². The number of piperidine rings is 2. The Labute approximate surface area is 190 Å². The zero-order valence-corrected chi connectivity index (χ0v) is 19.7. The Morgan fingerprint density at radius 3 is 2.76 bits per heavy atom. The van der Waals surface area contributed by atoms with Crippen molar-refractivity contribution in [1.29, 1.82) is 0 Å². The second kappa shape index (κ2) is 10.4. The lowest BCUT2D eigenvalue weighted by Gasteiger charge is -2.48. The molecule has 2 atom stereocenters. The third-order valence-electron chi connectivity index (χ3n) is 6.13. The standard InChI is InChI=1S/C21H31N7.HI/c1-22-21(23-13-20-25-24-16-26(20)2)28-12-10-19-18(15-28)9-6-11-27(19)14-17-7-4-3-5-8-17;/h3-5,7-8,16,18-19H,6,9-15H2,1-2H3,(H,22,23);1H. The number of aryl methyl sites for hydroxylation is 1. The van der Waals surface area contributed by atoms with Gasteiger partial charge in [-0.25, -0.2) is 0 Å². The molecule has 0 saturated carbocycles. The normalized spacial score (nSPS) is 22.7. The van der Waals surface area contributed by atoms with E-state index in [2.05, 4.69) is 60.6 Å². The minimum absolute atomic E-state index is 0. The van der Waals surface area contributed by atoms with Gasteiger partial charge in [0.15, 0.2) is 11.8 Å². The molecule has 4 rings (SSSR count). The summed E-state index contributed by atoms with van der Waals surface area (Å²) in [5.41, 5.74) is 1.42. The molecule has 0 radical (unpaired) electrons. The SMILES string of the molecule is CN=C(NCc1nncn1C)N1CCC2C(CCCN2Cc2ccccc2)C1.I. The third kappa shape index (κ3) is 5.28. The molecule has 158 valence electrons. The Balaban J connectivity index is 0.00000240. The number of nitrogens with one attached hydrogen (secondary N) is 1. The van der Waals surface area contributed by atoms with Crippen LogP contribution in [0.4, 0.5) is 0 Å². The van der Waals surface area contributed by atoms with Gasteiger partial charge in [0, 0.05) is 39.8 Å². The number of benzene rings is 1. The lowest BCUT2D eigenvalue weighted by Crippen LogP contribution is -2.56. The maximum absolute atomic E-state index is 4.53. The molecule has 2 unspecified atom stereocenters. The Kier molecular flexibility index (Phi) is 7.88. The molecule has 1 N–H and O–H groups in total. The first kappa shape index (κ1) is 22.0. The van der Waals surface area contributed by atoms with Gasteiger partial charge in [-0.1, -0.05) is 30.3 Å². The van der Waals surface area contributed by atoms with Crippen LogP contribution in [0.5, 0.6) is 0 Å². The average molecular weight is 509 g/mol. The molecule has 2 aliphatic rings. The van der Waals surface area contributed by atoms with E-state index in [4.69, 9.17) is 0 Å². The van der Waals surface area contributed by atoms with Crippen molar-refractivity contribution in [2.45, 2.75) is 38.4 Å². The molecule has 1 aromatic heterocycles. The number of halogens is 1. The molecular weight excluding hydrogens is 477 g/mol. The highest BCUT2D eigenvalue weighted by Crippen LogP contribution is 2.31. The second-order valence-corrected chi connectivity index (χ2v) is 7.92. The van der Waals surface area contributed by atoms with Crippen molar-refractivity contribution in [3.8, 4) is 0 Å². The van der Waals surface area contributed by atoms with Gasteiger partial charge in [0.25, 0.3) is 0 Å². The molecule has 1 aromatic carbocycles. The van der Waals surface area contributed by atoms with E-state index in [0.717, 1.165) is 31.4 Å². The molecule has 0 bridgehead atoms. The van der Waals surface area contributed by atoms with Gasteiger partial charge >= 0.3 is 0 Å². The van der Waals surface area contributed by atoms with Crippen LogP contribution in [0, 0.1) is 5.92 Å². The second-order valence-electron chi connectivity index (χ2n) is 7.92. The molecule has 3 heterocycles. The number of fused-ring (bicyclic) bond motifs is 1. The number of hydrogen-bond donors (Lipinski definition) is 1. The van der Waals surface area contributed by atoms with Crippen LogP contribution in [0.2, 0.25) is 0 Å². The Hall–Kier alpha value is -1.68. The smallest absolute Gasteiger partial charge is 0.194 e. The minimum atomic E-state index is 0. The zero-order chi connectivity index (χ0) is 19.3. The van der Waals surface area contributed by atoms with Gasteiger partial charge in [0.05, 0.1) is 6.54 Å². The van der Waals surface area contributed by atoms with E-state index >= 15 is 0 Å². The predicted molar refractivity (Wildman–Crippen MR) is 126 cm³/mol. The Bertz CT molecular complexity index is 791. The number of aromatic nitrogens is 3. The topological polar surface area (TPSA) is 61.6 Å². The van der Waals surface area contributed by atoms with Gasteiger partial charge in [-0.15, -0.1) is 34.2 Å². The van der Waals surface area contributed by atoms with Crippen LogP contribution >= 0.6 is 24.0 Å². The number of guanidine groups is 1. The van der Waals surface area contributed by atoms with Gasteiger partial charge < -0.3 is 14.8 Å². The summed E-state index contributed by atoms with van der Waals surface area (Å²) in [5, 5.41) is 11.6. The highest BCUT2D eigenvalue weighted by Gasteiger charge is 2.36. The first-order chi connectivity index (χ1) is 13.7. The molecular formula is C21H32IN7. The fourth-order valence-corrected chi connectivity index (χ4v) is 4.67. The third-order valence-corrected chi connectivity index (χ3v) is 6.13. The number of likely N-dealkylation sites (tertiary alicyclic amines) is 2. The van der Waals surface area contributed by atoms with Gasteiger partial charge in [-0.05, 0) is 37.3 Å². The largest absolute Gasteiger partial charge is 0.349 e. The van der Waals surface area contributed by atoms with Crippen LogP contribution in [-0.4, -0.2) is 63.2 Å². The van der Waals surface area contributed by atoms with Crippen LogP contribution in [0.15, 0.2) is 41.7 Å². The molecule has 2 fully saturated rings. The van der Waals surface area contributed by atoms with Crippen LogP contribution in [-0.2, 0) is 20.1 Å². The van der Waals surface area contributed by atoms with Crippen molar-refractivity contribution in [3.63, 3.8) is 0 Å². The van der Waals surface area contributed by atoms with E-state index in [0.29, 0.717) is 18.5 Å². The van der Waals surface area contributed by atoms with Crippen LogP contribution < -0.4 is 5.32 Å². The number of rotatable bonds is 4.